The van der Waals surface area contributed by atoms with E-state index in [-0.39, 0.29) is 24.9 Å². The summed E-state index contributed by atoms with van der Waals surface area (Å²) in [6.07, 6.45) is 0.198. The topological polar surface area (TPSA) is 74.6 Å². The van der Waals surface area contributed by atoms with E-state index in [9.17, 15) is 9.59 Å². The molecule has 7 heteroatoms. The maximum Gasteiger partial charge on any atom is 0.319 e. The van der Waals surface area contributed by atoms with Gasteiger partial charge in [0.2, 0.25) is 5.91 Å². The second kappa shape index (κ2) is 9.80. The van der Waals surface area contributed by atoms with E-state index in [0.717, 1.165) is 11.3 Å². The lowest BCUT2D eigenvalue weighted by Gasteiger charge is -2.16. The molecule has 0 spiro atoms. The first-order valence-electron chi connectivity index (χ1n) is 9.20. The van der Waals surface area contributed by atoms with Crippen LogP contribution in [0.4, 0.5) is 10.5 Å². The number of hydrogen-bond acceptors (Lipinski definition) is 3. The van der Waals surface area contributed by atoms with Crippen molar-refractivity contribution in [3.05, 3.63) is 77.5 Å². The Morgan fingerprint density at radius 1 is 1.00 bits per heavy atom. The van der Waals surface area contributed by atoms with Crippen molar-refractivity contribution in [2.75, 3.05) is 18.9 Å². The van der Waals surface area contributed by atoms with Gasteiger partial charge in [-0.15, -0.1) is 0 Å². The van der Waals surface area contributed by atoms with Gasteiger partial charge in [-0.1, -0.05) is 29.8 Å². The van der Waals surface area contributed by atoms with Gasteiger partial charge in [-0.25, -0.2) is 4.79 Å². The van der Waals surface area contributed by atoms with Crippen molar-refractivity contribution in [2.24, 2.45) is 0 Å². The van der Waals surface area contributed by atoms with Crippen LogP contribution >= 0.6 is 11.6 Å². The molecule has 0 aliphatic rings. The van der Waals surface area contributed by atoms with Crippen LogP contribution in [0.1, 0.15) is 12.2 Å². The van der Waals surface area contributed by atoms with Crippen molar-refractivity contribution in [3.8, 4) is 11.3 Å². The van der Waals surface area contributed by atoms with E-state index in [0.29, 0.717) is 23.0 Å². The van der Waals surface area contributed by atoms with Crippen LogP contribution in [0.25, 0.3) is 11.3 Å². The number of nitrogens with one attached hydrogen (secondary N) is 2. The molecular weight excluding hydrogens is 390 g/mol. The number of anilines is 1. The standard InChI is InChI=1S/C22H22ClN3O3/c1-26(15-19-11-12-20(29-19)16-7-9-17(23)10-8-16)21(27)13-14-24-22(28)25-18-5-3-2-4-6-18/h2-12H,13-15H2,1H3,(H2,24,25,28). The molecule has 0 saturated carbocycles. The smallest absolute Gasteiger partial charge is 0.319 e. The molecule has 0 fully saturated rings. The molecule has 6 nitrogen and oxygen atoms in total. The Morgan fingerprint density at radius 2 is 1.72 bits per heavy atom. The zero-order chi connectivity index (χ0) is 20.6. The molecule has 2 aromatic carbocycles. The molecule has 3 aromatic rings. The Balaban J connectivity index is 1.43. The molecule has 0 radical (unpaired) electrons. The Hall–Kier alpha value is -3.25. The van der Waals surface area contributed by atoms with E-state index in [1.807, 2.05) is 42.5 Å². The number of benzene rings is 2. The number of rotatable bonds is 7. The lowest BCUT2D eigenvalue weighted by molar-refractivity contribution is -0.130. The monoisotopic (exact) mass is 411 g/mol. The van der Waals surface area contributed by atoms with Gasteiger partial charge in [-0.2, -0.15) is 0 Å². The molecule has 0 unspecified atom stereocenters. The summed E-state index contributed by atoms with van der Waals surface area (Å²) in [5.41, 5.74) is 1.62. The predicted molar refractivity (Wildman–Crippen MR) is 114 cm³/mol. The molecular formula is C22H22ClN3O3. The van der Waals surface area contributed by atoms with Crippen molar-refractivity contribution in [2.45, 2.75) is 13.0 Å². The van der Waals surface area contributed by atoms with Crippen LogP contribution in [0, 0.1) is 0 Å². The first kappa shape index (κ1) is 20.5. The molecule has 0 atom stereocenters. The molecule has 0 saturated heterocycles. The maximum atomic E-state index is 12.3. The summed E-state index contributed by atoms with van der Waals surface area (Å²) < 4.78 is 5.82. The van der Waals surface area contributed by atoms with E-state index in [2.05, 4.69) is 10.6 Å². The number of nitrogens with zero attached hydrogens (tertiary/aromatic N) is 1. The van der Waals surface area contributed by atoms with Gasteiger partial charge in [0.1, 0.15) is 11.5 Å². The number of para-hydroxylation sites is 1. The Kier molecular flexibility index (Phi) is 6.92. The Labute approximate surface area is 174 Å². The summed E-state index contributed by atoms with van der Waals surface area (Å²) in [6.45, 7) is 0.596. The van der Waals surface area contributed by atoms with E-state index in [1.54, 1.807) is 36.2 Å². The van der Waals surface area contributed by atoms with Gasteiger partial charge in [0.05, 0.1) is 6.54 Å². The fraction of sp³-hybridized carbons (Fsp3) is 0.182. The SMILES string of the molecule is CN(Cc1ccc(-c2ccc(Cl)cc2)o1)C(=O)CCNC(=O)Nc1ccccc1. The highest BCUT2D eigenvalue weighted by molar-refractivity contribution is 6.30. The van der Waals surface area contributed by atoms with Crippen LogP contribution in [0.5, 0.6) is 0 Å². The van der Waals surface area contributed by atoms with Crippen LogP contribution in [-0.4, -0.2) is 30.4 Å². The van der Waals surface area contributed by atoms with E-state index >= 15 is 0 Å². The summed E-state index contributed by atoms with van der Waals surface area (Å²) >= 11 is 5.90. The average molecular weight is 412 g/mol. The summed E-state index contributed by atoms with van der Waals surface area (Å²) in [4.78, 5) is 25.7. The zero-order valence-electron chi connectivity index (χ0n) is 16.0. The van der Waals surface area contributed by atoms with Crippen molar-refractivity contribution in [3.63, 3.8) is 0 Å². The highest BCUT2D eigenvalue weighted by Gasteiger charge is 2.13. The van der Waals surface area contributed by atoms with Crippen molar-refractivity contribution in [1.29, 1.82) is 0 Å². The van der Waals surface area contributed by atoms with Crippen molar-refractivity contribution in [1.82, 2.24) is 10.2 Å². The minimum atomic E-state index is -0.342. The van der Waals surface area contributed by atoms with Gasteiger partial charge in [0.15, 0.2) is 0 Å². The molecule has 150 valence electrons. The van der Waals surface area contributed by atoms with Crippen molar-refractivity contribution >= 4 is 29.2 Å². The molecule has 1 aromatic heterocycles. The maximum absolute atomic E-state index is 12.3. The van der Waals surface area contributed by atoms with Gasteiger partial charge < -0.3 is 20.0 Å². The molecule has 0 aliphatic heterocycles. The highest BCUT2D eigenvalue weighted by atomic mass is 35.5. The van der Waals surface area contributed by atoms with Gasteiger partial charge in [-0.05, 0) is 48.5 Å². The Bertz CT molecular complexity index is 955. The third-order valence-electron chi connectivity index (χ3n) is 4.27. The van der Waals surface area contributed by atoms with Crippen LogP contribution in [-0.2, 0) is 11.3 Å². The number of amides is 3. The third kappa shape index (κ3) is 6.12. The number of urea groups is 1. The summed E-state index contributed by atoms with van der Waals surface area (Å²) in [7, 11) is 1.71. The fourth-order valence-corrected chi connectivity index (χ4v) is 2.85. The molecule has 2 N–H and O–H groups in total. The Morgan fingerprint density at radius 3 is 2.45 bits per heavy atom. The largest absolute Gasteiger partial charge is 0.459 e. The van der Waals surface area contributed by atoms with Crippen molar-refractivity contribution < 1.29 is 14.0 Å². The van der Waals surface area contributed by atoms with Crippen LogP contribution < -0.4 is 10.6 Å². The van der Waals surface area contributed by atoms with E-state index in [4.69, 9.17) is 16.0 Å². The van der Waals surface area contributed by atoms with Gasteiger partial charge in [0.25, 0.3) is 0 Å². The van der Waals surface area contributed by atoms with E-state index < -0.39 is 0 Å². The van der Waals surface area contributed by atoms with E-state index in [1.165, 1.54) is 0 Å². The van der Waals surface area contributed by atoms with Gasteiger partial charge >= 0.3 is 6.03 Å². The molecule has 3 amide bonds. The number of furan rings is 1. The minimum absolute atomic E-state index is 0.0885. The number of carbonyl (C=O) groups excluding carboxylic acids is 2. The number of halogens is 1. The zero-order valence-corrected chi connectivity index (χ0v) is 16.8. The first-order valence-corrected chi connectivity index (χ1v) is 9.57. The second-order valence-electron chi connectivity index (χ2n) is 6.52. The van der Waals surface area contributed by atoms with Gasteiger partial charge in [0, 0.05) is 36.3 Å². The average Bonchev–Trinajstić information content (AvgIpc) is 3.17. The second-order valence-corrected chi connectivity index (χ2v) is 6.96. The molecule has 0 bridgehead atoms. The lowest BCUT2D eigenvalue weighted by Crippen LogP contribution is -2.34. The van der Waals surface area contributed by atoms with Crippen LogP contribution in [0.15, 0.2) is 71.1 Å². The third-order valence-corrected chi connectivity index (χ3v) is 4.52. The summed E-state index contributed by atoms with van der Waals surface area (Å²) in [6, 6.07) is 19.9. The summed E-state index contributed by atoms with van der Waals surface area (Å²) in [5.74, 6) is 1.31. The number of carbonyl (C=O) groups is 2. The predicted octanol–water partition coefficient (Wildman–Crippen LogP) is 4.77. The minimum Gasteiger partial charge on any atom is -0.459 e. The number of hydrogen-bond donors (Lipinski definition) is 2. The fourth-order valence-electron chi connectivity index (χ4n) is 2.72. The molecule has 3 rings (SSSR count). The normalized spacial score (nSPS) is 10.4. The highest BCUT2D eigenvalue weighted by Crippen LogP contribution is 2.24. The van der Waals surface area contributed by atoms with Crippen LogP contribution in [0.3, 0.4) is 0 Å². The lowest BCUT2D eigenvalue weighted by atomic mass is 10.2. The summed E-state index contributed by atoms with van der Waals surface area (Å²) in [5, 5.41) is 6.05. The van der Waals surface area contributed by atoms with Crippen LogP contribution in [0.2, 0.25) is 5.02 Å². The molecule has 29 heavy (non-hydrogen) atoms. The molecule has 0 aliphatic carbocycles. The quantitative estimate of drug-likeness (QED) is 0.588. The first-order chi connectivity index (χ1) is 14.0. The molecule has 1 heterocycles. The van der Waals surface area contributed by atoms with Gasteiger partial charge in [-0.3, -0.25) is 4.79 Å².